The van der Waals surface area contributed by atoms with Gasteiger partial charge < -0.3 is 0 Å². The Bertz CT molecular complexity index is 521. The molecule has 0 amide bonds. The summed E-state index contributed by atoms with van der Waals surface area (Å²) in [6.45, 7) is 8.47. The van der Waals surface area contributed by atoms with Gasteiger partial charge in [0.1, 0.15) is 0 Å². The Kier molecular flexibility index (Phi) is 4.75. The second kappa shape index (κ2) is 5.55. The minimum Gasteiger partial charge on any atom is -0.282 e. The molecule has 18 heavy (non-hydrogen) atoms. The zero-order valence-corrected chi connectivity index (χ0v) is 13.8. The van der Waals surface area contributed by atoms with Gasteiger partial charge in [-0.05, 0) is 28.3 Å². The van der Waals surface area contributed by atoms with Crippen molar-refractivity contribution >= 4 is 24.8 Å². The lowest BCUT2D eigenvalue weighted by Gasteiger charge is -2.23. The molecule has 1 N–H and O–H groups in total. The number of hydrogen-bond acceptors (Lipinski definition) is 2. The fraction of sp³-hybridized carbons (Fsp3) is 0.538. The zero-order valence-electron chi connectivity index (χ0n) is 11.5. The van der Waals surface area contributed by atoms with Crippen molar-refractivity contribution in [3.63, 3.8) is 0 Å². The lowest BCUT2D eigenvalue weighted by atomic mass is 10.1. The van der Waals surface area contributed by atoms with Crippen LogP contribution in [0, 0.1) is 0 Å². The highest BCUT2D eigenvalue weighted by molar-refractivity contribution is 7.86. The summed E-state index contributed by atoms with van der Waals surface area (Å²) < 4.78 is 32.1. The molecule has 0 saturated carbocycles. The van der Waals surface area contributed by atoms with Gasteiger partial charge in [0, 0.05) is 0 Å². The highest BCUT2D eigenvalue weighted by Crippen LogP contribution is 2.27. The summed E-state index contributed by atoms with van der Waals surface area (Å²) >= 11 is 0. The molecule has 0 radical (unpaired) electrons. The molecule has 0 fully saturated rings. The van der Waals surface area contributed by atoms with E-state index in [0.29, 0.717) is 0 Å². The zero-order chi connectivity index (χ0) is 14.0. The van der Waals surface area contributed by atoms with E-state index in [4.69, 9.17) is 0 Å². The van der Waals surface area contributed by atoms with Gasteiger partial charge in [-0.3, -0.25) is 4.55 Å². The van der Waals surface area contributed by atoms with Crippen molar-refractivity contribution in [3.8, 4) is 0 Å². The van der Waals surface area contributed by atoms with Crippen LogP contribution in [-0.2, 0) is 16.5 Å². The second-order valence-corrected chi connectivity index (χ2v) is 9.88. The quantitative estimate of drug-likeness (QED) is 0.664. The smallest absolute Gasteiger partial charge is 0.282 e. The molecular formula is C13H22O3SSi. The molecule has 0 aliphatic heterocycles. The summed E-state index contributed by atoms with van der Waals surface area (Å²) in [6, 6.07) is 5.27. The first-order chi connectivity index (χ1) is 8.19. The van der Waals surface area contributed by atoms with Gasteiger partial charge in [0.2, 0.25) is 0 Å². The van der Waals surface area contributed by atoms with E-state index in [1.54, 1.807) is 12.1 Å². The van der Waals surface area contributed by atoms with E-state index < -0.39 is 19.6 Å². The SMILES string of the molecule is CCc1ccc(S(=O)(=O)O)c([SiH2]C(C)(C)CC)c1. The topological polar surface area (TPSA) is 54.4 Å². The van der Waals surface area contributed by atoms with E-state index >= 15 is 0 Å². The largest absolute Gasteiger partial charge is 0.294 e. The van der Waals surface area contributed by atoms with E-state index in [1.165, 1.54) is 0 Å². The van der Waals surface area contributed by atoms with E-state index in [1.807, 2.05) is 13.0 Å². The van der Waals surface area contributed by atoms with Crippen molar-refractivity contribution in [2.45, 2.75) is 50.5 Å². The van der Waals surface area contributed by atoms with Crippen LogP contribution in [0.5, 0.6) is 0 Å². The highest BCUT2D eigenvalue weighted by Gasteiger charge is 2.23. The normalized spacial score (nSPS) is 13.4. The summed E-state index contributed by atoms with van der Waals surface area (Å²) in [5.74, 6) is 0. The van der Waals surface area contributed by atoms with Crippen LogP contribution in [-0.4, -0.2) is 22.5 Å². The van der Waals surface area contributed by atoms with Gasteiger partial charge in [0.25, 0.3) is 10.1 Å². The van der Waals surface area contributed by atoms with Crippen LogP contribution in [0.25, 0.3) is 0 Å². The molecule has 1 aromatic rings. The number of rotatable bonds is 5. The molecule has 0 bridgehead atoms. The third-order valence-electron chi connectivity index (χ3n) is 3.44. The third-order valence-corrected chi connectivity index (χ3v) is 7.07. The molecule has 0 atom stereocenters. The molecule has 0 spiro atoms. The molecule has 1 aromatic carbocycles. The fourth-order valence-electron chi connectivity index (χ4n) is 1.88. The molecule has 5 heteroatoms. The first-order valence-electron chi connectivity index (χ1n) is 6.29. The Hall–Kier alpha value is -0.653. The molecule has 0 saturated heterocycles. The van der Waals surface area contributed by atoms with Gasteiger partial charge in [-0.2, -0.15) is 8.42 Å². The van der Waals surface area contributed by atoms with Gasteiger partial charge in [0.15, 0.2) is 0 Å². The van der Waals surface area contributed by atoms with E-state index in [0.717, 1.165) is 23.6 Å². The fourth-order valence-corrected chi connectivity index (χ4v) is 5.21. The van der Waals surface area contributed by atoms with Crippen molar-refractivity contribution in [2.24, 2.45) is 0 Å². The third kappa shape index (κ3) is 3.93. The summed E-state index contributed by atoms with van der Waals surface area (Å²) in [5, 5.41) is 1.01. The summed E-state index contributed by atoms with van der Waals surface area (Å²) in [5.41, 5.74) is 1.12. The maximum Gasteiger partial charge on any atom is 0.294 e. The van der Waals surface area contributed by atoms with Gasteiger partial charge in [-0.1, -0.05) is 46.2 Å². The first kappa shape index (κ1) is 15.4. The molecule has 3 nitrogen and oxygen atoms in total. The lowest BCUT2D eigenvalue weighted by Crippen LogP contribution is -2.30. The highest BCUT2D eigenvalue weighted by atomic mass is 32.2. The first-order valence-corrected chi connectivity index (χ1v) is 9.14. The van der Waals surface area contributed by atoms with Crippen molar-refractivity contribution in [2.75, 3.05) is 0 Å². The van der Waals surface area contributed by atoms with Crippen LogP contribution in [0.2, 0.25) is 5.04 Å². The Morgan fingerprint density at radius 1 is 1.28 bits per heavy atom. The summed E-state index contributed by atoms with van der Waals surface area (Å²) in [6.07, 6.45) is 1.89. The Morgan fingerprint density at radius 3 is 2.33 bits per heavy atom. The van der Waals surface area contributed by atoms with Gasteiger partial charge >= 0.3 is 0 Å². The Balaban J connectivity index is 3.29. The molecule has 102 valence electrons. The van der Waals surface area contributed by atoms with Gasteiger partial charge in [0.05, 0.1) is 14.4 Å². The van der Waals surface area contributed by atoms with E-state index in [-0.39, 0.29) is 9.93 Å². The predicted octanol–water partition coefficient (Wildman–Crippen LogP) is 1.90. The standard InChI is InChI=1S/C13H22O3SSi/c1-5-10-7-8-11(17(14,15)16)12(9-10)18-13(3,4)6-2/h7-9H,5-6,18H2,1-4H3,(H,14,15,16). The monoisotopic (exact) mass is 286 g/mol. The minimum atomic E-state index is -4.10. The van der Waals surface area contributed by atoms with Crippen LogP contribution in [0.1, 0.15) is 39.7 Å². The summed E-state index contributed by atoms with van der Waals surface area (Å²) in [7, 11) is -4.87. The molecule has 0 aliphatic carbocycles. The molecule has 0 unspecified atom stereocenters. The van der Waals surface area contributed by atoms with E-state index in [2.05, 4.69) is 20.8 Å². The maximum absolute atomic E-state index is 11.4. The van der Waals surface area contributed by atoms with Crippen LogP contribution < -0.4 is 5.19 Å². The van der Waals surface area contributed by atoms with Gasteiger partial charge in [-0.25, -0.2) is 0 Å². The maximum atomic E-state index is 11.4. The second-order valence-electron chi connectivity index (χ2n) is 5.47. The number of benzene rings is 1. The number of hydrogen-bond donors (Lipinski definition) is 1. The molecule has 1 rings (SSSR count). The van der Waals surface area contributed by atoms with Crippen molar-refractivity contribution in [1.29, 1.82) is 0 Å². The average molecular weight is 286 g/mol. The van der Waals surface area contributed by atoms with Crippen LogP contribution in [0.15, 0.2) is 23.1 Å². The van der Waals surface area contributed by atoms with Crippen molar-refractivity contribution in [3.05, 3.63) is 23.8 Å². The molecule has 0 aromatic heterocycles. The Morgan fingerprint density at radius 2 is 1.89 bits per heavy atom. The predicted molar refractivity (Wildman–Crippen MR) is 78.1 cm³/mol. The average Bonchev–Trinajstić information content (AvgIpc) is 2.27. The molecule has 0 heterocycles. The van der Waals surface area contributed by atoms with Crippen LogP contribution in [0.4, 0.5) is 0 Å². The molecule has 0 aliphatic rings. The van der Waals surface area contributed by atoms with Gasteiger partial charge in [-0.15, -0.1) is 0 Å². The Labute approximate surface area is 112 Å². The van der Waals surface area contributed by atoms with Crippen LogP contribution in [0.3, 0.4) is 0 Å². The number of aryl methyl sites for hydroxylation is 1. The van der Waals surface area contributed by atoms with Crippen molar-refractivity contribution < 1.29 is 13.0 Å². The van der Waals surface area contributed by atoms with Crippen molar-refractivity contribution in [1.82, 2.24) is 0 Å². The minimum absolute atomic E-state index is 0.105. The summed E-state index contributed by atoms with van der Waals surface area (Å²) in [4.78, 5) is 0.105. The van der Waals surface area contributed by atoms with Crippen LogP contribution >= 0.6 is 0 Å². The van der Waals surface area contributed by atoms with E-state index in [9.17, 15) is 13.0 Å². The lowest BCUT2D eigenvalue weighted by molar-refractivity contribution is 0.484. The molecular weight excluding hydrogens is 264 g/mol.